The van der Waals surface area contributed by atoms with Gasteiger partial charge in [-0.3, -0.25) is 9.69 Å². The normalized spacial score (nSPS) is 13.0. The van der Waals surface area contributed by atoms with Crippen molar-refractivity contribution in [3.8, 4) is 0 Å². The second kappa shape index (κ2) is 14.9. The summed E-state index contributed by atoms with van der Waals surface area (Å²) in [5.41, 5.74) is 8.04. The van der Waals surface area contributed by atoms with Crippen LogP contribution in [-0.4, -0.2) is 36.5 Å². The van der Waals surface area contributed by atoms with Crippen LogP contribution in [0.4, 0.5) is 4.39 Å². The zero-order valence-corrected chi connectivity index (χ0v) is 22.4. The molecular formula is C30H40FN3OS. The highest BCUT2D eigenvalue weighted by Crippen LogP contribution is 2.25. The van der Waals surface area contributed by atoms with E-state index in [1.165, 1.54) is 27.5 Å². The van der Waals surface area contributed by atoms with Crippen molar-refractivity contribution in [3.05, 3.63) is 93.4 Å². The van der Waals surface area contributed by atoms with Crippen LogP contribution in [0.25, 0.3) is 0 Å². The van der Waals surface area contributed by atoms with Crippen LogP contribution in [0.2, 0.25) is 0 Å². The van der Waals surface area contributed by atoms with Crippen molar-refractivity contribution in [3.63, 3.8) is 0 Å². The van der Waals surface area contributed by atoms with Gasteiger partial charge in [-0.1, -0.05) is 49.4 Å². The van der Waals surface area contributed by atoms with Crippen LogP contribution < -0.4 is 11.1 Å². The van der Waals surface area contributed by atoms with Gasteiger partial charge in [0, 0.05) is 47.9 Å². The monoisotopic (exact) mass is 509 g/mol. The Bertz CT molecular complexity index is 1040. The predicted octanol–water partition coefficient (Wildman–Crippen LogP) is 5.73. The fourth-order valence-electron chi connectivity index (χ4n) is 4.67. The average molecular weight is 510 g/mol. The largest absolute Gasteiger partial charge is 0.355 e. The third kappa shape index (κ3) is 9.16. The molecule has 4 nitrogen and oxygen atoms in total. The molecule has 0 aliphatic rings. The van der Waals surface area contributed by atoms with Crippen LogP contribution in [0.15, 0.2) is 66.7 Å². The molecule has 1 amide bonds. The van der Waals surface area contributed by atoms with Crippen molar-refractivity contribution in [2.24, 2.45) is 11.7 Å². The molecule has 2 atom stereocenters. The molecule has 0 radical (unpaired) electrons. The van der Waals surface area contributed by atoms with Gasteiger partial charge in [-0.15, -0.1) is 11.3 Å². The third-order valence-electron chi connectivity index (χ3n) is 6.72. The van der Waals surface area contributed by atoms with E-state index in [9.17, 15) is 9.18 Å². The minimum atomic E-state index is -0.220. The number of amides is 1. The van der Waals surface area contributed by atoms with E-state index in [-0.39, 0.29) is 23.7 Å². The number of carbonyl (C=O) groups excluding carboxylic acids is 1. The van der Waals surface area contributed by atoms with E-state index in [0.717, 1.165) is 50.8 Å². The smallest absolute Gasteiger partial charge is 0.223 e. The van der Waals surface area contributed by atoms with Gasteiger partial charge in [0.2, 0.25) is 5.91 Å². The van der Waals surface area contributed by atoms with Crippen molar-refractivity contribution in [2.45, 2.75) is 58.5 Å². The summed E-state index contributed by atoms with van der Waals surface area (Å²) in [5.74, 6) is -0.213. The molecule has 0 spiro atoms. The number of rotatable bonds is 15. The number of hydrogen-bond donors (Lipinski definition) is 2. The molecule has 0 bridgehead atoms. The molecule has 0 saturated heterocycles. The maximum atomic E-state index is 13.5. The second-order valence-electron chi connectivity index (χ2n) is 9.46. The first-order valence-electron chi connectivity index (χ1n) is 13.0. The molecule has 0 aliphatic heterocycles. The van der Waals surface area contributed by atoms with E-state index in [4.69, 9.17) is 5.73 Å². The first kappa shape index (κ1) is 28.0. The van der Waals surface area contributed by atoms with E-state index in [0.29, 0.717) is 13.1 Å². The van der Waals surface area contributed by atoms with Gasteiger partial charge in [-0.2, -0.15) is 0 Å². The van der Waals surface area contributed by atoms with Gasteiger partial charge >= 0.3 is 0 Å². The Morgan fingerprint density at radius 3 is 2.42 bits per heavy atom. The van der Waals surface area contributed by atoms with Gasteiger partial charge in [0.15, 0.2) is 0 Å². The Balaban J connectivity index is 1.76. The summed E-state index contributed by atoms with van der Waals surface area (Å²) in [6, 6.07) is 21.8. The number of aryl methyl sites for hydroxylation is 2. The van der Waals surface area contributed by atoms with E-state index in [1.807, 2.05) is 18.2 Å². The highest BCUT2D eigenvalue weighted by molar-refractivity contribution is 7.11. The maximum absolute atomic E-state index is 13.5. The summed E-state index contributed by atoms with van der Waals surface area (Å²) in [4.78, 5) is 18.2. The van der Waals surface area contributed by atoms with Crippen molar-refractivity contribution >= 4 is 17.2 Å². The number of halogens is 1. The Morgan fingerprint density at radius 1 is 1.03 bits per heavy atom. The lowest BCUT2D eigenvalue weighted by Gasteiger charge is -2.33. The number of nitrogens with two attached hydrogens (primary N) is 1. The molecule has 0 saturated carbocycles. The minimum Gasteiger partial charge on any atom is -0.355 e. The van der Waals surface area contributed by atoms with Crippen molar-refractivity contribution in [1.82, 2.24) is 10.2 Å². The Kier molecular flexibility index (Phi) is 11.6. The Hall–Kier alpha value is -2.54. The number of nitrogens with one attached hydrogen (secondary N) is 1. The van der Waals surface area contributed by atoms with Crippen LogP contribution >= 0.6 is 11.3 Å². The fraction of sp³-hybridized carbons (Fsp3) is 0.433. The van der Waals surface area contributed by atoms with Gasteiger partial charge in [0.1, 0.15) is 5.82 Å². The van der Waals surface area contributed by atoms with Crippen molar-refractivity contribution in [2.75, 3.05) is 19.6 Å². The van der Waals surface area contributed by atoms with Crippen LogP contribution in [-0.2, 0) is 24.2 Å². The molecule has 36 heavy (non-hydrogen) atoms. The summed E-state index contributed by atoms with van der Waals surface area (Å²) in [6.07, 6.45) is 4.37. The predicted molar refractivity (Wildman–Crippen MR) is 149 cm³/mol. The molecule has 0 fully saturated rings. The lowest BCUT2D eigenvalue weighted by molar-refractivity contribution is -0.125. The average Bonchev–Trinajstić information content (AvgIpc) is 3.32. The maximum Gasteiger partial charge on any atom is 0.223 e. The molecule has 6 heteroatoms. The molecule has 2 unspecified atom stereocenters. The van der Waals surface area contributed by atoms with Crippen LogP contribution in [0, 0.1) is 18.7 Å². The number of benzene rings is 2. The quantitative estimate of drug-likeness (QED) is 0.275. The van der Waals surface area contributed by atoms with Crippen LogP contribution in [0.5, 0.6) is 0 Å². The summed E-state index contributed by atoms with van der Waals surface area (Å²) < 4.78 is 13.5. The van der Waals surface area contributed by atoms with E-state index >= 15 is 0 Å². The molecule has 1 heterocycles. The molecule has 2 aromatic carbocycles. The highest BCUT2D eigenvalue weighted by atomic mass is 32.1. The van der Waals surface area contributed by atoms with Gasteiger partial charge in [0.05, 0.1) is 0 Å². The van der Waals surface area contributed by atoms with Gasteiger partial charge in [0.25, 0.3) is 0 Å². The van der Waals surface area contributed by atoms with Gasteiger partial charge in [-0.25, -0.2) is 4.39 Å². The molecule has 3 N–H and O–H groups in total. The number of hydrogen-bond acceptors (Lipinski definition) is 4. The number of nitrogens with zero attached hydrogens (tertiary/aromatic N) is 1. The molecule has 3 rings (SSSR count). The lowest BCUT2D eigenvalue weighted by atomic mass is 9.91. The highest BCUT2D eigenvalue weighted by Gasteiger charge is 2.26. The molecule has 194 valence electrons. The Labute approximate surface area is 219 Å². The Morgan fingerprint density at radius 2 is 1.78 bits per heavy atom. The molecular weight excluding hydrogens is 469 g/mol. The number of carbonyl (C=O) groups is 1. The lowest BCUT2D eigenvalue weighted by Crippen LogP contribution is -2.41. The summed E-state index contributed by atoms with van der Waals surface area (Å²) >= 11 is 1.81. The second-order valence-corrected chi connectivity index (χ2v) is 10.8. The first-order valence-corrected chi connectivity index (χ1v) is 13.9. The topological polar surface area (TPSA) is 58.4 Å². The molecule has 0 aliphatic carbocycles. The molecule has 1 aromatic heterocycles. The number of thiophene rings is 1. The fourth-order valence-corrected chi connectivity index (χ4v) is 5.57. The van der Waals surface area contributed by atoms with E-state index in [1.54, 1.807) is 11.3 Å². The van der Waals surface area contributed by atoms with Gasteiger partial charge in [-0.05, 0) is 74.4 Å². The SMILES string of the molecule is CCC(CC(CCc1ccc(C)s1)C(=O)NCCN)N(CCc1ccccc1)Cc1ccc(F)cc1. The van der Waals surface area contributed by atoms with E-state index in [2.05, 4.69) is 60.5 Å². The zero-order valence-electron chi connectivity index (χ0n) is 21.6. The van der Waals surface area contributed by atoms with Crippen LogP contribution in [0.1, 0.15) is 47.1 Å². The van der Waals surface area contributed by atoms with Crippen LogP contribution in [0.3, 0.4) is 0 Å². The molecule has 3 aromatic rings. The third-order valence-corrected chi connectivity index (χ3v) is 7.78. The van der Waals surface area contributed by atoms with Gasteiger partial charge < -0.3 is 11.1 Å². The van der Waals surface area contributed by atoms with Crippen molar-refractivity contribution < 1.29 is 9.18 Å². The summed E-state index contributed by atoms with van der Waals surface area (Å²) in [6.45, 7) is 6.86. The summed E-state index contributed by atoms with van der Waals surface area (Å²) in [7, 11) is 0. The standard InChI is InChI=1S/C30H40FN3OS/c1-3-28(21-26(30(35)33-19-18-32)12-16-29-15-9-23(2)36-29)34(20-17-24-7-5-4-6-8-24)22-25-10-13-27(31)14-11-25/h4-11,13-15,26,28H,3,12,16-22,32H2,1-2H3,(H,33,35). The first-order chi connectivity index (χ1) is 17.5. The minimum absolute atomic E-state index is 0.0867. The van der Waals surface area contributed by atoms with Crippen molar-refractivity contribution in [1.29, 1.82) is 0 Å². The summed E-state index contributed by atoms with van der Waals surface area (Å²) in [5, 5.41) is 3.04. The zero-order chi connectivity index (χ0) is 25.8. The van der Waals surface area contributed by atoms with E-state index < -0.39 is 0 Å².